The number of Topliss-reactive ketones (excluding diaryl/α,β-unsaturated/α-hetero) is 1. The number of carbonyl (C=O) groups excluding carboxylic acids is 1. The molecule has 86 valence electrons. The summed E-state index contributed by atoms with van der Waals surface area (Å²) in [4.78, 5) is 11.4. The van der Waals surface area contributed by atoms with Crippen molar-refractivity contribution in [3.8, 4) is 0 Å². The van der Waals surface area contributed by atoms with E-state index in [4.69, 9.17) is 0 Å². The summed E-state index contributed by atoms with van der Waals surface area (Å²) >= 11 is 0. The Balaban J connectivity index is 2.04. The van der Waals surface area contributed by atoms with Gasteiger partial charge < -0.3 is 0 Å². The number of ketones is 1. The summed E-state index contributed by atoms with van der Waals surface area (Å²) in [5.74, 6) is 1.03. The molecule has 0 saturated heterocycles. The highest BCUT2D eigenvalue weighted by Gasteiger charge is 2.19. The van der Waals surface area contributed by atoms with Crippen molar-refractivity contribution < 1.29 is 4.79 Å². The third-order valence-corrected chi connectivity index (χ3v) is 3.66. The topological polar surface area (TPSA) is 17.1 Å². The zero-order valence-corrected chi connectivity index (χ0v) is 10.0. The van der Waals surface area contributed by atoms with Crippen LogP contribution in [0.3, 0.4) is 0 Å². The van der Waals surface area contributed by atoms with Crippen molar-refractivity contribution in [2.45, 2.75) is 51.4 Å². The Morgan fingerprint density at radius 2 is 2.19 bits per heavy atom. The molecule has 1 aliphatic carbocycles. The summed E-state index contributed by atoms with van der Waals surface area (Å²) in [5, 5.41) is 0. The number of hydrogen-bond acceptors (Lipinski definition) is 1. The predicted octanol–water partition coefficient (Wildman–Crippen LogP) is 3.87. The van der Waals surface area contributed by atoms with E-state index < -0.39 is 0 Å². The van der Waals surface area contributed by atoms with E-state index in [9.17, 15) is 4.79 Å². The summed E-state index contributed by atoms with van der Waals surface area (Å²) in [6, 6.07) is 8.73. The van der Waals surface area contributed by atoms with Gasteiger partial charge in [-0.25, -0.2) is 0 Å². The number of fused-ring (bicyclic) bond motifs is 1. The third-order valence-electron chi connectivity index (χ3n) is 3.66. The number of benzene rings is 1. The maximum atomic E-state index is 11.4. The van der Waals surface area contributed by atoms with Gasteiger partial charge in [-0.1, -0.05) is 31.2 Å². The molecule has 0 aliphatic heterocycles. The standard InChI is InChI=1S/C15H20O/c1-2-14(16)11-10-13-8-5-7-12-6-3-4-9-15(12)13/h3-4,6,9,13H,2,5,7-8,10-11H2,1H3. The van der Waals surface area contributed by atoms with Gasteiger partial charge in [0.05, 0.1) is 0 Å². The summed E-state index contributed by atoms with van der Waals surface area (Å²) < 4.78 is 0. The highest BCUT2D eigenvalue weighted by Crippen LogP contribution is 2.34. The second kappa shape index (κ2) is 5.29. The molecule has 1 nitrogen and oxygen atoms in total. The van der Waals surface area contributed by atoms with E-state index in [1.807, 2.05) is 6.92 Å². The SMILES string of the molecule is CCC(=O)CCC1CCCc2ccccc21. The molecule has 0 amide bonds. The van der Waals surface area contributed by atoms with E-state index in [1.54, 1.807) is 0 Å². The maximum absolute atomic E-state index is 11.4. The minimum absolute atomic E-state index is 0.406. The van der Waals surface area contributed by atoms with Gasteiger partial charge in [-0.05, 0) is 42.7 Å². The monoisotopic (exact) mass is 216 g/mol. The van der Waals surface area contributed by atoms with Crippen molar-refractivity contribution in [2.75, 3.05) is 0 Å². The van der Waals surface area contributed by atoms with Gasteiger partial charge in [0.25, 0.3) is 0 Å². The molecule has 1 aliphatic rings. The first-order valence-corrected chi connectivity index (χ1v) is 6.40. The molecule has 0 heterocycles. The summed E-state index contributed by atoms with van der Waals surface area (Å²) in [5.41, 5.74) is 3.00. The molecule has 2 rings (SSSR count). The molecule has 1 aromatic carbocycles. The summed E-state index contributed by atoms with van der Waals surface area (Å²) in [6.45, 7) is 1.96. The average molecular weight is 216 g/mol. The van der Waals surface area contributed by atoms with Gasteiger partial charge in [0, 0.05) is 12.8 Å². The molecule has 0 fully saturated rings. The van der Waals surface area contributed by atoms with Crippen LogP contribution in [0.25, 0.3) is 0 Å². The molecular formula is C15H20O. The first kappa shape index (κ1) is 11.4. The van der Waals surface area contributed by atoms with Crippen molar-refractivity contribution in [2.24, 2.45) is 0 Å². The molecule has 0 aromatic heterocycles. The summed E-state index contributed by atoms with van der Waals surface area (Å²) in [7, 11) is 0. The zero-order valence-electron chi connectivity index (χ0n) is 10.0. The molecule has 1 atom stereocenters. The van der Waals surface area contributed by atoms with Crippen LogP contribution in [0.4, 0.5) is 0 Å². The van der Waals surface area contributed by atoms with Crippen LogP contribution in [0.1, 0.15) is 56.1 Å². The van der Waals surface area contributed by atoms with Crippen LogP contribution >= 0.6 is 0 Å². The molecule has 1 unspecified atom stereocenters. The fraction of sp³-hybridized carbons (Fsp3) is 0.533. The minimum atomic E-state index is 0.406. The van der Waals surface area contributed by atoms with Crippen LogP contribution in [0, 0.1) is 0 Å². The first-order chi connectivity index (χ1) is 7.81. The number of aryl methyl sites for hydroxylation is 1. The van der Waals surface area contributed by atoms with Crippen LogP contribution < -0.4 is 0 Å². The Morgan fingerprint density at radius 3 is 3.00 bits per heavy atom. The van der Waals surface area contributed by atoms with Crippen LogP contribution in [0.15, 0.2) is 24.3 Å². The van der Waals surface area contributed by atoms with E-state index in [2.05, 4.69) is 24.3 Å². The second-order valence-electron chi connectivity index (χ2n) is 4.72. The lowest BCUT2D eigenvalue weighted by molar-refractivity contribution is -0.118. The maximum Gasteiger partial charge on any atom is 0.132 e. The zero-order chi connectivity index (χ0) is 11.4. The van der Waals surface area contributed by atoms with E-state index in [0.717, 1.165) is 12.8 Å². The molecule has 0 N–H and O–H groups in total. The lowest BCUT2D eigenvalue weighted by atomic mass is 9.80. The molecule has 1 aromatic rings. The molecular weight excluding hydrogens is 196 g/mol. The number of carbonyl (C=O) groups is 1. The van der Waals surface area contributed by atoms with Crippen LogP contribution in [-0.2, 0) is 11.2 Å². The van der Waals surface area contributed by atoms with E-state index >= 15 is 0 Å². The normalized spacial score (nSPS) is 19.2. The minimum Gasteiger partial charge on any atom is -0.300 e. The second-order valence-corrected chi connectivity index (χ2v) is 4.72. The Hall–Kier alpha value is -1.11. The van der Waals surface area contributed by atoms with Crippen LogP contribution in [0.5, 0.6) is 0 Å². The van der Waals surface area contributed by atoms with Gasteiger partial charge >= 0.3 is 0 Å². The van der Waals surface area contributed by atoms with Crippen molar-refractivity contribution in [3.05, 3.63) is 35.4 Å². The highest BCUT2D eigenvalue weighted by atomic mass is 16.1. The van der Waals surface area contributed by atoms with Gasteiger partial charge in [-0.15, -0.1) is 0 Å². The van der Waals surface area contributed by atoms with Crippen molar-refractivity contribution in [1.29, 1.82) is 0 Å². The van der Waals surface area contributed by atoms with E-state index in [0.29, 0.717) is 18.1 Å². The lowest BCUT2D eigenvalue weighted by Crippen LogP contribution is -2.11. The summed E-state index contributed by atoms with van der Waals surface area (Å²) in [6.07, 6.45) is 6.25. The first-order valence-electron chi connectivity index (χ1n) is 6.40. The molecule has 0 bridgehead atoms. The van der Waals surface area contributed by atoms with Crippen molar-refractivity contribution in [1.82, 2.24) is 0 Å². The molecule has 0 radical (unpaired) electrons. The predicted molar refractivity (Wildman–Crippen MR) is 66.7 cm³/mol. The van der Waals surface area contributed by atoms with Gasteiger partial charge in [0.2, 0.25) is 0 Å². The van der Waals surface area contributed by atoms with Crippen molar-refractivity contribution >= 4 is 5.78 Å². The molecule has 16 heavy (non-hydrogen) atoms. The van der Waals surface area contributed by atoms with E-state index in [1.165, 1.54) is 30.4 Å². The van der Waals surface area contributed by atoms with Gasteiger partial charge in [0.1, 0.15) is 5.78 Å². The fourth-order valence-electron chi connectivity index (χ4n) is 2.67. The fourth-order valence-corrected chi connectivity index (χ4v) is 2.67. The molecule has 0 saturated carbocycles. The highest BCUT2D eigenvalue weighted by molar-refractivity contribution is 5.78. The Morgan fingerprint density at radius 1 is 1.38 bits per heavy atom. The van der Waals surface area contributed by atoms with Gasteiger partial charge in [0.15, 0.2) is 0 Å². The smallest absolute Gasteiger partial charge is 0.132 e. The Labute approximate surface area is 97.9 Å². The third kappa shape index (κ3) is 2.52. The van der Waals surface area contributed by atoms with Crippen LogP contribution in [0.2, 0.25) is 0 Å². The van der Waals surface area contributed by atoms with Crippen molar-refractivity contribution in [3.63, 3.8) is 0 Å². The molecule has 1 heteroatoms. The van der Waals surface area contributed by atoms with E-state index in [-0.39, 0.29) is 0 Å². The van der Waals surface area contributed by atoms with Gasteiger partial charge in [-0.3, -0.25) is 4.79 Å². The van der Waals surface area contributed by atoms with Crippen LogP contribution in [-0.4, -0.2) is 5.78 Å². The average Bonchev–Trinajstić information content (AvgIpc) is 2.35. The molecule has 0 spiro atoms. The largest absolute Gasteiger partial charge is 0.300 e. The quantitative estimate of drug-likeness (QED) is 0.746. The number of rotatable bonds is 4. The number of hydrogen-bond donors (Lipinski definition) is 0. The lowest BCUT2D eigenvalue weighted by Gasteiger charge is -2.25. The Kier molecular flexibility index (Phi) is 3.76. The Bertz CT molecular complexity index is 367. The van der Waals surface area contributed by atoms with Gasteiger partial charge in [-0.2, -0.15) is 0 Å².